The van der Waals surface area contributed by atoms with Crippen molar-refractivity contribution in [3.63, 3.8) is 0 Å². The lowest BCUT2D eigenvalue weighted by atomic mass is 9.87. The second-order valence-electron chi connectivity index (χ2n) is 7.94. The van der Waals surface area contributed by atoms with Crippen molar-refractivity contribution in [1.82, 2.24) is 10.2 Å². The van der Waals surface area contributed by atoms with Gasteiger partial charge >= 0.3 is 6.03 Å². The van der Waals surface area contributed by atoms with Crippen LogP contribution in [0.3, 0.4) is 0 Å². The number of likely N-dealkylation sites (tertiary alicyclic amines) is 1. The maximum Gasteiger partial charge on any atom is 0.319 e. The van der Waals surface area contributed by atoms with Gasteiger partial charge < -0.3 is 20.4 Å². The van der Waals surface area contributed by atoms with Gasteiger partial charge in [-0.15, -0.1) is 0 Å². The van der Waals surface area contributed by atoms with Crippen LogP contribution in [0, 0.1) is 5.92 Å². The average molecular weight is 373 g/mol. The summed E-state index contributed by atoms with van der Waals surface area (Å²) >= 11 is 0. The molecular formula is C21H32N4O2. The van der Waals surface area contributed by atoms with E-state index in [-0.39, 0.29) is 18.0 Å². The van der Waals surface area contributed by atoms with Crippen LogP contribution in [0.5, 0.6) is 0 Å². The smallest absolute Gasteiger partial charge is 0.319 e. The first-order valence-electron chi connectivity index (χ1n) is 10.2. The second-order valence-corrected chi connectivity index (χ2v) is 7.94. The highest BCUT2D eigenvalue weighted by Crippen LogP contribution is 2.27. The number of anilines is 2. The Morgan fingerprint density at radius 3 is 2.33 bits per heavy atom. The molecule has 6 nitrogen and oxygen atoms in total. The molecule has 27 heavy (non-hydrogen) atoms. The molecule has 1 heterocycles. The normalized spacial score (nSPS) is 18.8. The van der Waals surface area contributed by atoms with E-state index in [0.29, 0.717) is 5.91 Å². The predicted molar refractivity (Wildman–Crippen MR) is 109 cm³/mol. The standard InChI is InChI=1S/C21H32N4O2/c1-24(2)19-11-7-6-10-18(19)23-21(27)22-17-12-14-25(15-13-17)20(26)16-8-4-3-5-9-16/h6-7,10-11,16-17H,3-5,8-9,12-15H2,1-2H3,(H2,22,23,27). The Morgan fingerprint density at radius 2 is 1.67 bits per heavy atom. The number of nitrogens with one attached hydrogen (secondary N) is 2. The largest absolute Gasteiger partial charge is 0.376 e. The fourth-order valence-corrected chi connectivity index (χ4v) is 4.17. The third-order valence-electron chi connectivity index (χ3n) is 5.73. The molecule has 0 bridgehead atoms. The molecule has 1 aromatic carbocycles. The van der Waals surface area contributed by atoms with E-state index in [1.165, 1.54) is 19.3 Å². The number of amides is 3. The quantitative estimate of drug-likeness (QED) is 0.851. The molecule has 1 saturated heterocycles. The summed E-state index contributed by atoms with van der Waals surface area (Å²) < 4.78 is 0. The summed E-state index contributed by atoms with van der Waals surface area (Å²) in [7, 11) is 3.91. The minimum Gasteiger partial charge on any atom is -0.376 e. The lowest BCUT2D eigenvalue weighted by Gasteiger charge is -2.35. The monoisotopic (exact) mass is 372 g/mol. The first-order valence-corrected chi connectivity index (χ1v) is 10.2. The Kier molecular flexibility index (Phi) is 6.58. The molecule has 0 aromatic heterocycles. The zero-order valence-corrected chi connectivity index (χ0v) is 16.5. The van der Waals surface area contributed by atoms with E-state index in [2.05, 4.69) is 10.6 Å². The van der Waals surface area contributed by atoms with E-state index in [0.717, 1.165) is 50.1 Å². The zero-order chi connectivity index (χ0) is 19.2. The summed E-state index contributed by atoms with van der Waals surface area (Å²) in [6.45, 7) is 1.49. The third kappa shape index (κ3) is 5.15. The molecule has 3 rings (SSSR count). The SMILES string of the molecule is CN(C)c1ccccc1NC(=O)NC1CCN(C(=O)C2CCCCC2)CC1. The lowest BCUT2D eigenvalue weighted by molar-refractivity contribution is -0.137. The van der Waals surface area contributed by atoms with Gasteiger partial charge in [0, 0.05) is 39.1 Å². The number of hydrogen-bond donors (Lipinski definition) is 2. The van der Waals surface area contributed by atoms with Gasteiger partial charge in [-0.3, -0.25) is 4.79 Å². The van der Waals surface area contributed by atoms with E-state index in [9.17, 15) is 9.59 Å². The van der Waals surface area contributed by atoms with Gasteiger partial charge in [0.2, 0.25) is 5.91 Å². The van der Waals surface area contributed by atoms with Crippen molar-refractivity contribution in [3.05, 3.63) is 24.3 Å². The van der Waals surface area contributed by atoms with E-state index in [4.69, 9.17) is 0 Å². The van der Waals surface area contributed by atoms with Gasteiger partial charge in [-0.1, -0.05) is 31.4 Å². The molecule has 2 fully saturated rings. The summed E-state index contributed by atoms with van der Waals surface area (Å²) in [6.07, 6.45) is 7.37. The van der Waals surface area contributed by atoms with Gasteiger partial charge in [-0.2, -0.15) is 0 Å². The van der Waals surface area contributed by atoms with E-state index < -0.39 is 0 Å². The van der Waals surface area contributed by atoms with Crippen LogP contribution in [0.15, 0.2) is 24.3 Å². The van der Waals surface area contributed by atoms with Crippen molar-refractivity contribution < 1.29 is 9.59 Å². The maximum atomic E-state index is 12.6. The molecule has 0 atom stereocenters. The highest BCUT2D eigenvalue weighted by Gasteiger charge is 2.29. The number of carbonyl (C=O) groups is 2. The molecule has 2 aliphatic rings. The molecule has 0 unspecified atom stereocenters. The topological polar surface area (TPSA) is 64.7 Å². The first-order chi connectivity index (χ1) is 13.0. The van der Waals surface area contributed by atoms with Crippen LogP contribution in [0.25, 0.3) is 0 Å². The summed E-state index contributed by atoms with van der Waals surface area (Å²) in [5, 5.41) is 6.02. The lowest BCUT2D eigenvalue weighted by Crippen LogP contribution is -2.49. The Hall–Kier alpha value is -2.24. The Labute approximate surface area is 162 Å². The van der Waals surface area contributed by atoms with E-state index in [1.54, 1.807) is 0 Å². The van der Waals surface area contributed by atoms with Crippen molar-refractivity contribution in [2.75, 3.05) is 37.4 Å². The summed E-state index contributed by atoms with van der Waals surface area (Å²) in [6, 6.07) is 7.69. The highest BCUT2D eigenvalue weighted by molar-refractivity contribution is 5.93. The molecule has 1 aliphatic carbocycles. The fraction of sp³-hybridized carbons (Fsp3) is 0.619. The molecule has 6 heteroatoms. The van der Waals surface area contributed by atoms with E-state index in [1.807, 2.05) is 48.2 Å². The average Bonchev–Trinajstić information content (AvgIpc) is 2.69. The Balaban J connectivity index is 1.46. The minimum atomic E-state index is -0.179. The second kappa shape index (κ2) is 9.11. The molecule has 1 aromatic rings. The third-order valence-corrected chi connectivity index (χ3v) is 5.73. The number of rotatable bonds is 4. The van der Waals surface area contributed by atoms with Gasteiger partial charge in [0.1, 0.15) is 0 Å². The summed E-state index contributed by atoms with van der Waals surface area (Å²) in [4.78, 5) is 29.0. The molecule has 1 saturated carbocycles. The van der Waals surface area contributed by atoms with Crippen molar-refractivity contribution in [2.24, 2.45) is 5.92 Å². The fourth-order valence-electron chi connectivity index (χ4n) is 4.17. The molecule has 0 radical (unpaired) electrons. The molecule has 1 aliphatic heterocycles. The van der Waals surface area contributed by atoms with Crippen LogP contribution in [0.1, 0.15) is 44.9 Å². The Morgan fingerprint density at radius 1 is 1.00 bits per heavy atom. The Bertz CT molecular complexity index is 647. The van der Waals surface area contributed by atoms with Crippen molar-refractivity contribution in [3.8, 4) is 0 Å². The molecule has 3 amide bonds. The molecule has 148 valence electrons. The summed E-state index contributed by atoms with van der Waals surface area (Å²) in [5.74, 6) is 0.562. The van der Waals surface area contributed by atoms with Gasteiger partial charge in [0.25, 0.3) is 0 Å². The molecule has 0 spiro atoms. The predicted octanol–water partition coefficient (Wildman–Crippen LogP) is 3.45. The number of piperidine rings is 1. The van der Waals surface area contributed by atoms with Gasteiger partial charge in [0.15, 0.2) is 0 Å². The van der Waals surface area contributed by atoms with Gasteiger partial charge in [0.05, 0.1) is 11.4 Å². The first kappa shape index (κ1) is 19.5. The minimum absolute atomic E-state index is 0.118. The number of urea groups is 1. The van der Waals surface area contributed by atoms with Crippen molar-refractivity contribution >= 4 is 23.3 Å². The van der Waals surface area contributed by atoms with Crippen molar-refractivity contribution in [2.45, 2.75) is 51.0 Å². The van der Waals surface area contributed by atoms with Gasteiger partial charge in [-0.05, 0) is 37.8 Å². The molecule has 2 N–H and O–H groups in total. The van der Waals surface area contributed by atoms with Crippen LogP contribution >= 0.6 is 0 Å². The number of nitrogens with zero attached hydrogens (tertiary/aromatic N) is 2. The number of para-hydroxylation sites is 2. The van der Waals surface area contributed by atoms with Crippen LogP contribution in [0.2, 0.25) is 0 Å². The summed E-state index contributed by atoms with van der Waals surface area (Å²) in [5.41, 5.74) is 1.77. The van der Waals surface area contributed by atoms with E-state index >= 15 is 0 Å². The van der Waals surface area contributed by atoms with Crippen LogP contribution in [0.4, 0.5) is 16.2 Å². The number of carbonyl (C=O) groups excluding carboxylic acids is 2. The van der Waals surface area contributed by atoms with Gasteiger partial charge in [-0.25, -0.2) is 4.79 Å². The number of hydrogen-bond acceptors (Lipinski definition) is 3. The highest BCUT2D eigenvalue weighted by atomic mass is 16.2. The van der Waals surface area contributed by atoms with Crippen LogP contribution in [-0.4, -0.2) is 50.1 Å². The van der Waals surface area contributed by atoms with Crippen LogP contribution < -0.4 is 15.5 Å². The maximum absolute atomic E-state index is 12.6. The number of benzene rings is 1. The van der Waals surface area contributed by atoms with Crippen molar-refractivity contribution in [1.29, 1.82) is 0 Å². The molecular weight excluding hydrogens is 340 g/mol. The zero-order valence-electron chi connectivity index (χ0n) is 16.5. The van der Waals surface area contributed by atoms with Crippen LogP contribution in [-0.2, 0) is 4.79 Å².